The van der Waals surface area contributed by atoms with Crippen LogP contribution in [0.2, 0.25) is 0 Å². The average Bonchev–Trinajstić information content (AvgIpc) is 2.60. The third-order valence-electron chi connectivity index (χ3n) is 3.38. The molecular weight excluding hydrogens is 298 g/mol. The van der Waals surface area contributed by atoms with Gasteiger partial charge in [-0.15, -0.1) is 0 Å². The van der Waals surface area contributed by atoms with Crippen LogP contribution in [0.4, 0.5) is 5.69 Å². The summed E-state index contributed by atoms with van der Waals surface area (Å²) < 4.78 is 4.86. The molecule has 124 valence electrons. The first-order chi connectivity index (χ1) is 11.7. The highest BCUT2D eigenvalue weighted by atomic mass is 16.5. The number of carbonyl (C=O) groups excluding carboxylic acids is 1. The summed E-state index contributed by atoms with van der Waals surface area (Å²) in [5.74, 6) is -0.320. The van der Waals surface area contributed by atoms with Gasteiger partial charge in [-0.05, 0) is 43.2 Å². The van der Waals surface area contributed by atoms with Gasteiger partial charge in [0, 0.05) is 17.8 Å². The number of hydrogen-bond acceptors (Lipinski definition) is 3. The second-order valence-electron chi connectivity index (χ2n) is 5.41. The predicted molar refractivity (Wildman–Crippen MR) is 101 cm³/mol. The third kappa shape index (κ3) is 6.13. The molecule has 0 aliphatic heterocycles. The monoisotopic (exact) mass is 321 g/mol. The van der Waals surface area contributed by atoms with Gasteiger partial charge in [0.2, 0.25) is 0 Å². The van der Waals surface area contributed by atoms with E-state index in [2.05, 4.69) is 36.5 Å². The minimum absolute atomic E-state index is 0.214. The number of ether oxygens (including phenoxy) is 1. The molecule has 0 bridgehead atoms. The number of esters is 1. The van der Waals surface area contributed by atoms with E-state index in [1.54, 1.807) is 13.0 Å². The Kier molecular flexibility index (Phi) is 6.84. The van der Waals surface area contributed by atoms with Crippen molar-refractivity contribution in [3.63, 3.8) is 0 Å². The van der Waals surface area contributed by atoms with Gasteiger partial charge in [-0.2, -0.15) is 0 Å². The largest absolute Gasteiger partial charge is 0.463 e. The lowest BCUT2D eigenvalue weighted by Gasteiger charge is -2.11. The van der Waals surface area contributed by atoms with Crippen LogP contribution in [0, 0.1) is 0 Å². The van der Waals surface area contributed by atoms with Crippen molar-refractivity contribution < 1.29 is 9.53 Å². The van der Waals surface area contributed by atoms with Gasteiger partial charge in [0.1, 0.15) is 0 Å². The van der Waals surface area contributed by atoms with Crippen LogP contribution in [-0.2, 0) is 9.53 Å². The van der Waals surface area contributed by atoms with Crippen molar-refractivity contribution in [3.05, 3.63) is 77.9 Å². The number of carbonyl (C=O) groups is 1. The van der Waals surface area contributed by atoms with Crippen molar-refractivity contribution in [1.29, 1.82) is 0 Å². The lowest BCUT2D eigenvalue weighted by molar-refractivity contribution is -0.137. The van der Waals surface area contributed by atoms with Crippen LogP contribution in [0.25, 0.3) is 12.2 Å². The Morgan fingerprint density at radius 2 is 1.71 bits per heavy atom. The summed E-state index contributed by atoms with van der Waals surface area (Å²) in [6.07, 6.45) is 7.43. The predicted octanol–water partition coefficient (Wildman–Crippen LogP) is 4.78. The molecule has 1 N–H and O–H groups in total. The van der Waals surface area contributed by atoms with Crippen LogP contribution < -0.4 is 5.32 Å². The molecule has 0 aromatic heterocycles. The van der Waals surface area contributed by atoms with Crippen molar-refractivity contribution in [2.45, 2.75) is 19.9 Å². The Bertz CT molecular complexity index is 688. The summed E-state index contributed by atoms with van der Waals surface area (Å²) >= 11 is 0. The molecule has 1 unspecified atom stereocenters. The van der Waals surface area contributed by atoms with Gasteiger partial charge >= 0.3 is 5.97 Å². The molecule has 0 heterocycles. The molecular formula is C21H23NO2. The summed E-state index contributed by atoms with van der Waals surface area (Å²) in [4.78, 5) is 11.3. The van der Waals surface area contributed by atoms with E-state index in [1.807, 2.05) is 42.5 Å². The van der Waals surface area contributed by atoms with Gasteiger partial charge in [-0.3, -0.25) is 0 Å². The summed E-state index contributed by atoms with van der Waals surface area (Å²) in [6, 6.07) is 18.4. The Hall–Kier alpha value is -2.81. The van der Waals surface area contributed by atoms with Crippen LogP contribution in [-0.4, -0.2) is 18.6 Å². The summed E-state index contributed by atoms with van der Waals surface area (Å²) in [6.45, 7) is 4.29. The summed E-state index contributed by atoms with van der Waals surface area (Å²) in [5, 5.41) is 3.42. The lowest BCUT2D eigenvalue weighted by Crippen LogP contribution is -2.11. The lowest BCUT2D eigenvalue weighted by atomic mass is 10.1. The molecule has 1 atom stereocenters. The van der Waals surface area contributed by atoms with Crippen molar-refractivity contribution in [2.75, 3.05) is 11.9 Å². The molecule has 0 saturated heterocycles. The van der Waals surface area contributed by atoms with Gasteiger partial charge in [0.05, 0.1) is 6.61 Å². The smallest absolute Gasteiger partial charge is 0.330 e. The van der Waals surface area contributed by atoms with E-state index >= 15 is 0 Å². The standard InChI is InChI=1S/C21H23NO2/c1-3-24-21(23)16-13-19-11-14-20(15-12-19)22-17(2)9-10-18-7-5-4-6-8-18/h4-17,22H,3H2,1-2H3. The Morgan fingerprint density at radius 3 is 2.38 bits per heavy atom. The molecule has 2 rings (SSSR count). The minimum Gasteiger partial charge on any atom is -0.463 e. The van der Waals surface area contributed by atoms with Gasteiger partial charge in [-0.1, -0.05) is 54.6 Å². The molecule has 0 aliphatic carbocycles. The summed E-state index contributed by atoms with van der Waals surface area (Å²) in [5.41, 5.74) is 3.18. The fourth-order valence-electron chi connectivity index (χ4n) is 2.18. The first kappa shape index (κ1) is 17.5. The fourth-order valence-corrected chi connectivity index (χ4v) is 2.18. The maximum absolute atomic E-state index is 11.3. The average molecular weight is 321 g/mol. The van der Waals surface area contributed by atoms with Crippen molar-refractivity contribution in [2.24, 2.45) is 0 Å². The molecule has 2 aromatic rings. The molecule has 24 heavy (non-hydrogen) atoms. The SMILES string of the molecule is CCOC(=O)C=Cc1ccc(NC(C)C=Cc2ccccc2)cc1. The van der Waals surface area contributed by atoms with Crippen LogP contribution in [0.1, 0.15) is 25.0 Å². The van der Waals surface area contributed by atoms with Crippen molar-refractivity contribution >= 4 is 23.8 Å². The minimum atomic E-state index is -0.320. The van der Waals surface area contributed by atoms with E-state index in [0.717, 1.165) is 11.3 Å². The molecule has 3 heteroatoms. The van der Waals surface area contributed by atoms with E-state index in [-0.39, 0.29) is 12.0 Å². The molecule has 0 saturated carbocycles. The second-order valence-corrected chi connectivity index (χ2v) is 5.41. The first-order valence-corrected chi connectivity index (χ1v) is 8.12. The highest BCUT2D eigenvalue weighted by molar-refractivity contribution is 5.87. The first-order valence-electron chi connectivity index (χ1n) is 8.12. The quantitative estimate of drug-likeness (QED) is 0.589. The van der Waals surface area contributed by atoms with Gasteiger partial charge in [0.15, 0.2) is 0 Å². The van der Waals surface area contributed by atoms with E-state index < -0.39 is 0 Å². The maximum Gasteiger partial charge on any atom is 0.330 e. The second kappa shape index (κ2) is 9.36. The highest BCUT2D eigenvalue weighted by Crippen LogP contribution is 2.13. The number of anilines is 1. The Morgan fingerprint density at radius 1 is 1.04 bits per heavy atom. The van der Waals surface area contributed by atoms with Crippen LogP contribution in [0.3, 0.4) is 0 Å². The van der Waals surface area contributed by atoms with E-state index in [1.165, 1.54) is 11.6 Å². The molecule has 0 aliphatic rings. The van der Waals surface area contributed by atoms with Gasteiger partial charge < -0.3 is 10.1 Å². The molecule has 2 aromatic carbocycles. The number of nitrogens with one attached hydrogen (secondary N) is 1. The highest BCUT2D eigenvalue weighted by Gasteiger charge is 1.98. The molecule has 0 fully saturated rings. The maximum atomic E-state index is 11.3. The van der Waals surface area contributed by atoms with Gasteiger partial charge in [0.25, 0.3) is 0 Å². The van der Waals surface area contributed by atoms with Crippen molar-refractivity contribution in [1.82, 2.24) is 0 Å². The molecule has 0 amide bonds. The van der Waals surface area contributed by atoms with Crippen LogP contribution >= 0.6 is 0 Å². The van der Waals surface area contributed by atoms with Gasteiger partial charge in [-0.25, -0.2) is 4.79 Å². The molecule has 3 nitrogen and oxygen atoms in total. The molecule has 0 radical (unpaired) electrons. The van der Waals surface area contributed by atoms with E-state index in [9.17, 15) is 4.79 Å². The topological polar surface area (TPSA) is 38.3 Å². The zero-order valence-corrected chi connectivity index (χ0v) is 14.1. The third-order valence-corrected chi connectivity index (χ3v) is 3.38. The fraction of sp³-hybridized carbons (Fsp3) is 0.190. The molecule has 0 spiro atoms. The van der Waals surface area contributed by atoms with Crippen LogP contribution in [0.5, 0.6) is 0 Å². The number of hydrogen-bond donors (Lipinski definition) is 1. The van der Waals surface area contributed by atoms with E-state index in [4.69, 9.17) is 4.74 Å². The number of benzene rings is 2. The zero-order valence-electron chi connectivity index (χ0n) is 14.1. The van der Waals surface area contributed by atoms with Crippen LogP contribution in [0.15, 0.2) is 66.7 Å². The zero-order chi connectivity index (χ0) is 17.2. The Balaban J connectivity index is 1.89. The van der Waals surface area contributed by atoms with E-state index in [0.29, 0.717) is 6.61 Å². The van der Waals surface area contributed by atoms with Crippen molar-refractivity contribution in [3.8, 4) is 0 Å². The normalized spacial score (nSPS) is 12.4. The Labute approximate surface area is 143 Å². The summed E-state index contributed by atoms with van der Waals surface area (Å²) in [7, 11) is 0. The number of rotatable bonds is 7.